The molecule has 2 aromatic rings. The van der Waals surface area contributed by atoms with Crippen LogP contribution in [-0.4, -0.2) is 23.9 Å². The van der Waals surface area contributed by atoms with E-state index < -0.39 is 0 Å². The SMILES string of the molecule is CN(C)c1cnn(C/C=C/c2ccccc2)c(=O)c1. The van der Waals surface area contributed by atoms with Gasteiger partial charge in [0.2, 0.25) is 0 Å². The van der Waals surface area contributed by atoms with Crippen LogP contribution in [0.4, 0.5) is 5.69 Å². The fourth-order valence-electron chi connectivity index (χ4n) is 1.66. The molecule has 19 heavy (non-hydrogen) atoms. The lowest BCUT2D eigenvalue weighted by molar-refractivity contribution is 0.652. The molecule has 0 aliphatic heterocycles. The van der Waals surface area contributed by atoms with E-state index in [4.69, 9.17) is 0 Å². The fraction of sp³-hybridized carbons (Fsp3) is 0.200. The van der Waals surface area contributed by atoms with E-state index in [-0.39, 0.29) is 5.56 Å². The molecule has 0 radical (unpaired) electrons. The van der Waals surface area contributed by atoms with Gasteiger partial charge in [-0.05, 0) is 5.56 Å². The fourth-order valence-corrected chi connectivity index (χ4v) is 1.66. The third-order valence-corrected chi connectivity index (χ3v) is 2.76. The molecule has 1 heterocycles. The third kappa shape index (κ3) is 3.55. The van der Waals surface area contributed by atoms with E-state index in [0.717, 1.165) is 11.3 Å². The van der Waals surface area contributed by atoms with Gasteiger partial charge in [0.15, 0.2) is 0 Å². The van der Waals surface area contributed by atoms with Crippen LogP contribution in [0.25, 0.3) is 6.08 Å². The number of allylic oxidation sites excluding steroid dienone is 1. The molecule has 0 aliphatic rings. The van der Waals surface area contributed by atoms with Crippen LogP contribution < -0.4 is 10.5 Å². The summed E-state index contributed by atoms with van der Waals surface area (Å²) in [5.41, 5.74) is 1.83. The summed E-state index contributed by atoms with van der Waals surface area (Å²) < 4.78 is 1.44. The van der Waals surface area contributed by atoms with Crippen LogP contribution in [0.1, 0.15) is 5.56 Å². The summed E-state index contributed by atoms with van der Waals surface area (Å²) in [6.45, 7) is 0.474. The first kappa shape index (κ1) is 13.1. The highest BCUT2D eigenvalue weighted by molar-refractivity contribution is 5.48. The first-order valence-electron chi connectivity index (χ1n) is 6.13. The van der Waals surface area contributed by atoms with Gasteiger partial charge in [0.1, 0.15) is 0 Å². The zero-order valence-corrected chi connectivity index (χ0v) is 11.2. The Kier molecular flexibility index (Phi) is 4.13. The van der Waals surface area contributed by atoms with Crippen molar-refractivity contribution in [3.63, 3.8) is 0 Å². The van der Waals surface area contributed by atoms with Crippen LogP contribution in [-0.2, 0) is 6.54 Å². The highest BCUT2D eigenvalue weighted by Gasteiger charge is 1.99. The zero-order valence-electron chi connectivity index (χ0n) is 11.2. The van der Waals surface area contributed by atoms with Gasteiger partial charge in [-0.2, -0.15) is 5.10 Å². The average molecular weight is 255 g/mol. The van der Waals surface area contributed by atoms with E-state index in [9.17, 15) is 4.79 Å². The largest absolute Gasteiger partial charge is 0.376 e. The Hall–Kier alpha value is -2.36. The maximum absolute atomic E-state index is 11.8. The predicted molar refractivity (Wildman–Crippen MR) is 78.3 cm³/mol. The number of hydrogen-bond donors (Lipinski definition) is 0. The standard InChI is InChI=1S/C15H17N3O/c1-17(2)14-11-15(19)18(16-12-14)10-6-9-13-7-4-3-5-8-13/h3-9,11-12H,10H2,1-2H3/b9-6+. The summed E-state index contributed by atoms with van der Waals surface area (Å²) in [7, 11) is 3.77. The number of hydrogen-bond acceptors (Lipinski definition) is 3. The van der Waals surface area contributed by atoms with Gasteiger partial charge in [-0.1, -0.05) is 42.5 Å². The lowest BCUT2D eigenvalue weighted by Gasteiger charge is -2.11. The van der Waals surface area contributed by atoms with Gasteiger partial charge in [0.05, 0.1) is 18.4 Å². The van der Waals surface area contributed by atoms with Crippen LogP contribution in [0.2, 0.25) is 0 Å². The molecule has 0 fully saturated rings. The Balaban J connectivity index is 2.08. The highest BCUT2D eigenvalue weighted by atomic mass is 16.1. The minimum atomic E-state index is -0.0936. The molecular formula is C15H17N3O. The molecule has 98 valence electrons. The van der Waals surface area contributed by atoms with Crippen LogP contribution in [0.3, 0.4) is 0 Å². The molecule has 1 aromatic heterocycles. The third-order valence-electron chi connectivity index (χ3n) is 2.76. The van der Waals surface area contributed by atoms with Crippen molar-refractivity contribution in [1.29, 1.82) is 0 Å². The van der Waals surface area contributed by atoms with Crippen molar-refractivity contribution in [2.24, 2.45) is 0 Å². The summed E-state index contributed by atoms with van der Waals surface area (Å²) >= 11 is 0. The number of rotatable bonds is 4. The Morgan fingerprint density at radius 2 is 2.00 bits per heavy atom. The normalized spacial score (nSPS) is 10.8. The second-order valence-electron chi connectivity index (χ2n) is 4.44. The van der Waals surface area contributed by atoms with E-state index in [1.54, 1.807) is 12.3 Å². The highest BCUT2D eigenvalue weighted by Crippen LogP contribution is 2.04. The van der Waals surface area contributed by atoms with E-state index >= 15 is 0 Å². The summed E-state index contributed by atoms with van der Waals surface area (Å²) in [5.74, 6) is 0. The van der Waals surface area contributed by atoms with E-state index in [0.29, 0.717) is 6.54 Å². The number of aromatic nitrogens is 2. The summed E-state index contributed by atoms with van der Waals surface area (Å²) in [5, 5.41) is 4.14. The lowest BCUT2D eigenvalue weighted by atomic mass is 10.2. The van der Waals surface area contributed by atoms with Crippen molar-refractivity contribution in [2.75, 3.05) is 19.0 Å². The van der Waals surface area contributed by atoms with Crippen molar-refractivity contribution in [3.05, 3.63) is 64.6 Å². The second kappa shape index (κ2) is 6.00. The molecule has 1 aromatic carbocycles. The Labute approximate surface area is 112 Å². The molecule has 4 heteroatoms. The molecule has 0 amide bonds. The predicted octanol–water partition coefficient (Wildman–Crippen LogP) is 2.02. The molecule has 0 saturated heterocycles. The molecule has 0 aliphatic carbocycles. The van der Waals surface area contributed by atoms with Crippen LogP contribution >= 0.6 is 0 Å². The molecule has 0 atom stereocenters. The molecule has 2 rings (SSSR count). The van der Waals surface area contributed by atoms with Crippen LogP contribution in [0.5, 0.6) is 0 Å². The van der Waals surface area contributed by atoms with Gasteiger partial charge in [-0.3, -0.25) is 4.79 Å². The van der Waals surface area contributed by atoms with Crippen LogP contribution in [0, 0.1) is 0 Å². The topological polar surface area (TPSA) is 38.1 Å². The molecule has 0 spiro atoms. The Morgan fingerprint density at radius 3 is 2.63 bits per heavy atom. The minimum Gasteiger partial charge on any atom is -0.376 e. The van der Waals surface area contributed by atoms with Gasteiger partial charge in [-0.25, -0.2) is 4.68 Å². The number of nitrogens with zero attached hydrogens (tertiary/aromatic N) is 3. The zero-order chi connectivity index (χ0) is 13.7. The van der Waals surface area contributed by atoms with Gasteiger partial charge in [-0.15, -0.1) is 0 Å². The van der Waals surface area contributed by atoms with E-state index in [1.165, 1.54) is 4.68 Å². The summed E-state index contributed by atoms with van der Waals surface area (Å²) in [6, 6.07) is 11.6. The number of anilines is 1. The molecular weight excluding hydrogens is 238 g/mol. The van der Waals surface area contributed by atoms with Gasteiger partial charge in [0.25, 0.3) is 5.56 Å². The lowest BCUT2D eigenvalue weighted by Crippen LogP contribution is -2.23. The molecule has 0 N–H and O–H groups in total. The van der Waals surface area contributed by atoms with Gasteiger partial charge >= 0.3 is 0 Å². The first-order chi connectivity index (χ1) is 9.16. The average Bonchev–Trinajstić information content (AvgIpc) is 2.41. The quantitative estimate of drug-likeness (QED) is 0.839. The smallest absolute Gasteiger partial charge is 0.269 e. The molecule has 0 saturated carbocycles. The Morgan fingerprint density at radius 1 is 1.26 bits per heavy atom. The second-order valence-corrected chi connectivity index (χ2v) is 4.44. The minimum absolute atomic E-state index is 0.0936. The van der Waals surface area contributed by atoms with Crippen molar-refractivity contribution in [2.45, 2.75) is 6.54 Å². The molecule has 0 unspecified atom stereocenters. The monoisotopic (exact) mass is 255 g/mol. The van der Waals surface area contributed by atoms with E-state index in [1.807, 2.05) is 61.5 Å². The van der Waals surface area contributed by atoms with Gasteiger partial charge < -0.3 is 4.90 Å². The van der Waals surface area contributed by atoms with Crippen molar-refractivity contribution < 1.29 is 0 Å². The number of benzene rings is 1. The van der Waals surface area contributed by atoms with Crippen molar-refractivity contribution in [3.8, 4) is 0 Å². The molecule has 4 nitrogen and oxygen atoms in total. The van der Waals surface area contributed by atoms with Crippen molar-refractivity contribution in [1.82, 2.24) is 9.78 Å². The maximum atomic E-state index is 11.8. The first-order valence-corrected chi connectivity index (χ1v) is 6.13. The van der Waals surface area contributed by atoms with Crippen molar-refractivity contribution >= 4 is 11.8 Å². The molecule has 0 bridgehead atoms. The summed E-state index contributed by atoms with van der Waals surface area (Å²) in [6.07, 6.45) is 5.60. The van der Waals surface area contributed by atoms with Gasteiger partial charge in [0, 0.05) is 20.2 Å². The summed E-state index contributed by atoms with van der Waals surface area (Å²) in [4.78, 5) is 13.7. The van der Waals surface area contributed by atoms with E-state index in [2.05, 4.69) is 5.10 Å². The van der Waals surface area contributed by atoms with Crippen LogP contribution in [0.15, 0.2) is 53.5 Å². The maximum Gasteiger partial charge on any atom is 0.269 e. The Bertz CT molecular complexity index is 615.